The summed E-state index contributed by atoms with van der Waals surface area (Å²) >= 11 is 2.99. The minimum absolute atomic E-state index is 0.0511. The molecule has 4 rings (SSSR count). The largest absolute Gasteiger partial charge is 0.330 e. The summed E-state index contributed by atoms with van der Waals surface area (Å²) in [6.45, 7) is 1.99. The van der Waals surface area contributed by atoms with E-state index in [9.17, 15) is 4.79 Å². The number of benzene rings is 2. The third-order valence-corrected chi connectivity index (χ3v) is 5.76. The van der Waals surface area contributed by atoms with Crippen LogP contribution in [0.5, 0.6) is 0 Å². The standard InChI is InChI=1S/C18H15N5OS2/c1-11(15-20-14-10-6-5-9-13(14)16(24)21-15)25-18-23-22-17(26-18)19-12-7-3-2-4-8-12/h2-11H,1H3,(H,19,22)(H,20,21,24)/t11-/m1/s1. The first kappa shape index (κ1) is 16.7. The lowest BCUT2D eigenvalue weighted by Crippen LogP contribution is -2.12. The van der Waals surface area contributed by atoms with Gasteiger partial charge in [0, 0.05) is 5.69 Å². The Bertz CT molecular complexity index is 1090. The van der Waals surface area contributed by atoms with E-state index in [1.54, 1.807) is 6.07 Å². The highest BCUT2D eigenvalue weighted by Crippen LogP contribution is 2.36. The molecular formula is C18H15N5OS2. The van der Waals surface area contributed by atoms with Crippen molar-refractivity contribution in [1.29, 1.82) is 0 Å². The predicted molar refractivity (Wildman–Crippen MR) is 106 cm³/mol. The number of rotatable bonds is 5. The third-order valence-electron chi connectivity index (χ3n) is 3.73. The molecule has 0 bridgehead atoms. The van der Waals surface area contributed by atoms with Crippen LogP contribution in [-0.2, 0) is 0 Å². The van der Waals surface area contributed by atoms with Gasteiger partial charge in [-0.15, -0.1) is 10.2 Å². The molecule has 0 radical (unpaired) electrons. The van der Waals surface area contributed by atoms with Crippen molar-refractivity contribution in [3.63, 3.8) is 0 Å². The fraction of sp³-hybridized carbons (Fsp3) is 0.111. The molecule has 0 fully saturated rings. The van der Waals surface area contributed by atoms with Gasteiger partial charge in [0.05, 0.1) is 16.2 Å². The molecule has 0 amide bonds. The summed E-state index contributed by atoms with van der Waals surface area (Å²) in [4.78, 5) is 19.7. The highest BCUT2D eigenvalue weighted by atomic mass is 32.2. The minimum atomic E-state index is -0.123. The first-order valence-corrected chi connectivity index (χ1v) is 9.70. The first-order valence-electron chi connectivity index (χ1n) is 8.00. The van der Waals surface area contributed by atoms with E-state index in [2.05, 4.69) is 25.5 Å². The Morgan fingerprint density at radius 1 is 1.08 bits per heavy atom. The summed E-state index contributed by atoms with van der Waals surface area (Å²) < 4.78 is 0.812. The highest BCUT2D eigenvalue weighted by Gasteiger charge is 2.15. The molecule has 0 aliphatic heterocycles. The van der Waals surface area contributed by atoms with Crippen molar-refractivity contribution in [2.45, 2.75) is 16.5 Å². The Kier molecular flexibility index (Phi) is 4.68. The molecule has 26 heavy (non-hydrogen) atoms. The number of fused-ring (bicyclic) bond motifs is 1. The highest BCUT2D eigenvalue weighted by molar-refractivity contribution is 8.01. The van der Waals surface area contributed by atoms with Gasteiger partial charge in [-0.1, -0.05) is 53.4 Å². The lowest BCUT2D eigenvalue weighted by atomic mass is 10.2. The van der Waals surface area contributed by atoms with E-state index in [1.807, 2.05) is 55.5 Å². The maximum atomic E-state index is 12.2. The van der Waals surface area contributed by atoms with Crippen molar-refractivity contribution in [2.24, 2.45) is 0 Å². The van der Waals surface area contributed by atoms with E-state index in [4.69, 9.17) is 0 Å². The summed E-state index contributed by atoms with van der Waals surface area (Å²) in [5.41, 5.74) is 1.54. The summed E-state index contributed by atoms with van der Waals surface area (Å²) in [6.07, 6.45) is 0. The average molecular weight is 381 g/mol. The van der Waals surface area contributed by atoms with Gasteiger partial charge in [-0.3, -0.25) is 4.79 Å². The average Bonchev–Trinajstić information content (AvgIpc) is 3.09. The van der Waals surface area contributed by atoms with Crippen LogP contribution < -0.4 is 10.9 Å². The van der Waals surface area contributed by atoms with Gasteiger partial charge in [0.1, 0.15) is 5.82 Å². The van der Waals surface area contributed by atoms with Gasteiger partial charge in [0.2, 0.25) is 5.13 Å². The second-order valence-corrected chi connectivity index (χ2v) is 8.16. The SMILES string of the molecule is C[C@@H](Sc1nnc(Nc2ccccc2)s1)c1nc2ccccc2c(=O)[nH]1. The molecule has 0 unspecified atom stereocenters. The Balaban J connectivity index is 1.52. The molecule has 1 atom stereocenters. The number of para-hydroxylation sites is 2. The molecule has 2 N–H and O–H groups in total. The molecule has 2 aromatic heterocycles. The number of H-pyrrole nitrogens is 1. The zero-order chi connectivity index (χ0) is 17.9. The van der Waals surface area contributed by atoms with Crippen LogP contribution in [0.15, 0.2) is 63.7 Å². The Hall–Kier alpha value is -2.71. The fourth-order valence-electron chi connectivity index (χ4n) is 2.46. The zero-order valence-corrected chi connectivity index (χ0v) is 15.5. The van der Waals surface area contributed by atoms with Crippen LogP contribution in [0, 0.1) is 0 Å². The quantitative estimate of drug-likeness (QED) is 0.499. The van der Waals surface area contributed by atoms with Gasteiger partial charge in [-0.25, -0.2) is 4.98 Å². The Morgan fingerprint density at radius 2 is 1.85 bits per heavy atom. The van der Waals surface area contributed by atoms with Gasteiger partial charge < -0.3 is 10.3 Å². The second kappa shape index (κ2) is 7.27. The lowest BCUT2D eigenvalue weighted by molar-refractivity contribution is 0.916. The molecule has 6 nitrogen and oxygen atoms in total. The van der Waals surface area contributed by atoms with Gasteiger partial charge in [0.15, 0.2) is 4.34 Å². The molecule has 0 saturated heterocycles. The fourth-order valence-corrected chi connectivity index (χ4v) is 4.43. The molecule has 2 heterocycles. The van der Waals surface area contributed by atoms with E-state index >= 15 is 0 Å². The molecule has 2 aromatic carbocycles. The summed E-state index contributed by atoms with van der Waals surface area (Å²) in [5.74, 6) is 0.631. The maximum Gasteiger partial charge on any atom is 0.258 e. The number of hydrogen-bond donors (Lipinski definition) is 2. The predicted octanol–water partition coefficient (Wildman–Crippen LogP) is 4.37. The number of thioether (sulfide) groups is 1. The number of aromatic amines is 1. The van der Waals surface area contributed by atoms with E-state index in [0.717, 1.165) is 15.2 Å². The Labute approximate surface area is 157 Å². The van der Waals surface area contributed by atoms with Crippen LogP contribution in [0.1, 0.15) is 18.0 Å². The smallest absolute Gasteiger partial charge is 0.258 e. The number of nitrogens with zero attached hydrogens (tertiary/aromatic N) is 3. The van der Waals surface area contributed by atoms with Crippen molar-refractivity contribution >= 4 is 44.8 Å². The van der Waals surface area contributed by atoms with Crippen molar-refractivity contribution in [1.82, 2.24) is 20.2 Å². The van der Waals surface area contributed by atoms with Crippen LogP contribution in [0.3, 0.4) is 0 Å². The zero-order valence-electron chi connectivity index (χ0n) is 13.8. The van der Waals surface area contributed by atoms with Gasteiger partial charge in [-0.05, 0) is 31.2 Å². The molecule has 0 aliphatic carbocycles. The molecule has 0 saturated carbocycles. The molecule has 8 heteroatoms. The monoisotopic (exact) mass is 381 g/mol. The van der Waals surface area contributed by atoms with Crippen LogP contribution in [-0.4, -0.2) is 20.2 Å². The van der Waals surface area contributed by atoms with Gasteiger partial charge in [0.25, 0.3) is 5.56 Å². The van der Waals surface area contributed by atoms with E-state index < -0.39 is 0 Å². The normalized spacial score (nSPS) is 12.2. The molecular weight excluding hydrogens is 366 g/mol. The van der Waals surface area contributed by atoms with E-state index in [1.165, 1.54) is 23.1 Å². The van der Waals surface area contributed by atoms with Crippen molar-refractivity contribution < 1.29 is 0 Å². The van der Waals surface area contributed by atoms with Crippen LogP contribution >= 0.6 is 23.1 Å². The molecule has 0 aliphatic rings. The molecule has 0 spiro atoms. The van der Waals surface area contributed by atoms with Gasteiger partial charge in [-0.2, -0.15) is 0 Å². The topological polar surface area (TPSA) is 83.6 Å². The summed E-state index contributed by atoms with van der Waals surface area (Å²) in [5, 5.41) is 12.9. The lowest BCUT2D eigenvalue weighted by Gasteiger charge is -2.08. The van der Waals surface area contributed by atoms with Crippen molar-refractivity contribution in [3.05, 3.63) is 70.8 Å². The van der Waals surface area contributed by atoms with Crippen LogP contribution in [0.2, 0.25) is 0 Å². The van der Waals surface area contributed by atoms with Crippen molar-refractivity contribution in [3.8, 4) is 0 Å². The number of aromatic nitrogens is 4. The maximum absolute atomic E-state index is 12.2. The number of anilines is 2. The summed E-state index contributed by atoms with van der Waals surface area (Å²) in [6, 6.07) is 17.2. The Morgan fingerprint density at radius 3 is 2.69 bits per heavy atom. The van der Waals surface area contributed by atoms with Crippen molar-refractivity contribution in [2.75, 3.05) is 5.32 Å². The molecule has 4 aromatic rings. The van der Waals surface area contributed by atoms with Crippen LogP contribution in [0.25, 0.3) is 10.9 Å². The second-order valence-electron chi connectivity index (χ2n) is 5.59. The minimum Gasteiger partial charge on any atom is -0.330 e. The first-order chi connectivity index (χ1) is 12.7. The van der Waals surface area contributed by atoms with E-state index in [-0.39, 0.29) is 10.8 Å². The number of nitrogens with one attached hydrogen (secondary N) is 2. The number of hydrogen-bond acceptors (Lipinski definition) is 7. The van der Waals surface area contributed by atoms with Gasteiger partial charge >= 0.3 is 0 Å². The third kappa shape index (κ3) is 3.61. The summed E-state index contributed by atoms with van der Waals surface area (Å²) in [7, 11) is 0. The molecule has 130 valence electrons. The van der Waals surface area contributed by atoms with Crippen LogP contribution in [0.4, 0.5) is 10.8 Å². The van der Waals surface area contributed by atoms with E-state index in [0.29, 0.717) is 16.7 Å².